The number of rotatable bonds is 2. The Labute approximate surface area is 116 Å². The Bertz CT molecular complexity index is 777. The molecule has 100 valence electrons. The van der Waals surface area contributed by atoms with Crippen molar-refractivity contribution in [1.29, 1.82) is 0 Å². The fourth-order valence-corrected chi connectivity index (χ4v) is 2.09. The Morgan fingerprint density at radius 2 is 1.95 bits per heavy atom. The van der Waals surface area contributed by atoms with Gasteiger partial charge in [-0.1, -0.05) is 18.2 Å². The summed E-state index contributed by atoms with van der Waals surface area (Å²) in [5.41, 5.74) is 8.66. The Morgan fingerprint density at radius 3 is 2.70 bits per heavy atom. The van der Waals surface area contributed by atoms with Gasteiger partial charge in [-0.2, -0.15) is 0 Å². The van der Waals surface area contributed by atoms with Crippen molar-refractivity contribution in [1.82, 2.24) is 9.55 Å². The molecule has 5 heteroatoms. The number of aryl methyl sites for hydroxylation is 1. The normalized spacial score (nSPS) is 10.7. The van der Waals surface area contributed by atoms with E-state index in [2.05, 4.69) is 10.3 Å². The summed E-state index contributed by atoms with van der Waals surface area (Å²) in [4.78, 5) is 16.5. The van der Waals surface area contributed by atoms with E-state index in [0.29, 0.717) is 17.2 Å². The van der Waals surface area contributed by atoms with Crippen molar-refractivity contribution in [3.63, 3.8) is 0 Å². The summed E-state index contributed by atoms with van der Waals surface area (Å²) in [7, 11) is 1.85. The minimum atomic E-state index is -0.183. The lowest BCUT2D eigenvalue weighted by molar-refractivity contribution is 0.102. The standard InChI is InChI=1S/C15H14N4O/c1-19-13-8-7-11(16)9-12(13)17-15(19)18-14(20)10-5-3-2-4-6-10/h2-9H,16H2,1H3,(H,17,18,20). The number of anilines is 2. The molecule has 0 spiro atoms. The number of benzene rings is 2. The van der Waals surface area contributed by atoms with E-state index >= 15 is 0 Å². The molecule has 3 N–H and O–H groups in total. The maximum Gasteiger partial charge on any atom is 0.257 e. The maximum atomic E-state index is 12.1. The number of nitrogens with zero attached hydrogens (tertiary/aromatic N) is 2. The molecular formula is C15H14N4O. The van der Waals surface area contributed by atoms with E-state index in [1.54, 1.807) is 18.2 Å². The quantitative estimate of drug-likeness (QED) is 0.699. The van der Waals surface area contributed by atoms with Crippen molar-refractivity contribution in [3.05, 3.63) is 54.1 Å². The molecular weight excluding hydrogens is 252 g/mol. The van der Waals surface area contributed by atoms with Crippen molar-refractivity contribution in [2.75, 3.05) is 11.1 Å². The lowest BCUT2D eigenvalue weighted by atomic mass is 10.2. The van der Waals surface area contributed by atoms with Crippen LogP contribution in [0.15, 0.2) is 48.5 Å². The number of imidazole rings is 1. The molecule has 0 bridgehead atoms. The third kappa shape index (κ3) is 2.09. The van der Waals surface area contributed by atoms with Gasteiger partial charge in [-0.05, 0) is 30.3 Å². The Kier molecular flexibility index (Phi) is 2.87. The highest BCUT2D eigenvalue weighted by Gasteiger charge is 2.12. The van der Waals surface area contributed by atoms with Gasteiger partial charge >= 0.3 is 0 Å². The summed E-state index contributed by atoms with van der Waals surface area (Å²) in [5.74, 6) is 0.316. The van der Waals surface area contributed by atoms with Crippen LogP contribution >= 0.6 is 0 Å². The van der Waals surface area contributed by atoms with Gasteiger partial charge in [0.25, 0.3) is 5.91 Å². The molecule has 3 aromatic rings. The third-order valence-electron chi connectivity index (χ3n) is 3.17. The largest absolute Gasteiger partial charge is 0.399 e. The second-order valence-corrected chi connectivity index (χ2v) is 4.56. The van der Waals surface area contributed by atoms with Crippen LogP contribution in [0.4, 0.5) is 11.6 Å². The zero-order chi connectivity index (χ0) is 14.1. The number of aromatic nitrogens is 2. The summed E-state index contributed by atoms with van der Waals surface area (Å²) in [6.45, 7) is 0. The number of nitrogen functional groups attached to an aromatic ring is 1. The number of carbonyl (C=O) groups is 1. The molecule has 0 saturated heterocycles. The predicted molar refractivity (Wildman–Crippen MR) is 79.5 cm³/mol. The molecule has 0 saturated carbocycles. The first-order chi connectivity index (χ1) is 9.65. The topological polar surface area (TPSA) is 72.9 Å². The van der Waals surface area contributed by atoms with Gasteiger partial charge in [-0.15, -0.1) is 0 Å². The predicted octanol–water partition coefficient (Wildman–Crippen LogP) is 2.41. The first kappa shape index (κ1) is 12.2. The summed E-state index contributed by atoms with van der Waals surface area (Å²) in [6, 6.07) is 14.5. The van der Waals surface area contributed by atoms with E-state index in [1.165, 1.54) is 0 Å². The lowest BCUT2D eigenvalue weighted by Crippen LogP contribution is -2.14. The fourth-order valence-electron chi connectivity index (χ4n) is 2.09. The van der Waals surface area contributed by atoms with Crippen LogP contribution in [0.25, 0.3) is 11.0 Å². The van der Waals surface area contributed by atoms with E-state index < -0.39 is 0 Å². The molecule has 0 fully saturated rings. The zero-order valence-corrected chi connectivity index (χ0v) is 11.0. The summed E-state index contributed by atoms with van der Waals surface area (Å²) < 4.78 is 1.83. The summed E-state index contributed by atoms with van der Waals surface area (Å²) in [6.07, 6.45) is 0. The van der Waals surface area contributed by atoms with Crippen LogP contribution in [-0.4, -0.2) is 15.5 Å². The second kappa shape index (κ2) is 4.70. The number of nitrogens with two attached hydrogens (primary N) is 1. The van der Waals surface area contributed by atoms with Gasteiger partial charge in [0.05, 0.1) is 11.0 Å². The van der Waals surface area contributed by atoms with E-state index in [4.69, 9.17) is 5.73 Å². The number of hydrogen-bond donors (Lipinski definition) is 2. The van der Waals surface area contributed by atoms with Crippen LogP contribution in [0.5, 0.6) is 0 Å². The van der Waals surface area contributed by atoms with Crippen molar-refractivity contribution in [2.45, 2.75) is 0 Å². The van der Waals surface area contributed by atoms with Crippen LogP contribution < -0.4 is 11.1 Å². The van der Waals surface area contributed by atoms with E-state index in [9.17, 15) is 4.79 Å². The van der Waals surface area contributed by atoms with Crippen LogP contribution in [0.1, 0.15) is 10.4 Å². The van der Waals surface area contributed by atoms with Gasteiger partial charge in [0.15, 0.2) is 0 Å². The molecule has 3 rings (SSSR count). The lowest BCUT2D eigenvalue weighted by Gasteiger charge is -2.04. The minimum absolute atomic E-state index is 0.183. The molecule has 0 aliphatic rings. The smallest absolute Gasteiger partial charge is 0.257 e. The number of fused-ring (bicyclic) bond motifs is 1. The van der Waals surface area contributed by atoms with Gasteiger partial charge in [0, 0.05) is 18.3 Å². The van der Waals surface area contributed by atoms with Crippen LogP contribution in [0.2, 0.25) is 0 Å². The van der Waals surface area contributed by atoms with E-state index in [1.807, 2.05) is 41.9 Å². The Hall–Kier alpha value is -2.82. The van der Waals surface area contributed by atoms with Gasteiger partial charge < -0.3 is 10.3 Å². The third-order valence-corrected chi connectivity index (χ3v) is 3.17. The maximum absolute atomic E-state index is 12.1. The summed E-state index contributed by atoms with van der Waals surface area (Å²) in [5, 5.41) is 2.81. The van der Waals surface area contributed by atoms with E-state index in [0.717, 1.165) is 11.0 Å². The van der Waals surface area contributed by atoms with Crippen molar-refractivity contribution < 1.29 is 4.79 Å². The molecule has 0 radical (unpaired) electrons. The average molecular weight is 266 g/mol. The zero-order valence-electron chi connectivity index (χ0n) is 11.0. The Balaban J connectivity index is 1.95. The molecule has 1 amide bonds. The molecule has 0 aliphatic heterocycles. The number of amides is 1. The molecule has 0 aliphatic carbocycles. The highest BCUT2D eigenvalue weighted by atomic mass is 16.1. The van der Waals surface area contributed by atoms with Crippen molar-refractivity contribution in [2.24, 2.45) is 7.05 Å². The van der Waals surface area contributed by atoms with Gasteiger partial charge in [0.2, 0.25) is 5.95 Å². The van der Waals surface area contributed by atoms with Gasteiger partial charge in [-0.3, -0.25) is 10.1 Å². The molecule has 5 nitrogen and oxygen atoms in total. The fraction of sp³-hybridized carbons (Fsp3) is 0.0667. The van der Waals surface area contributed by atoms with Crippen LogP contribution in [0.3, 0.4) is 0 Å². The highest BCUT2D eigenvalue weighted by Crippen LogP contribution is 2.20. The molecule has 20 heavy (non-hydrogen) atoms. The first-order valence-electron chi connectivity index (χ1n) is 6.23. The number of nitrogens with one attached hydrogen (secondary N) is 1. The van der Waals surface area contributed by atoms with E-state index in [-0.39, 0.29) is 5.91 Å². The summed E-state index contributed by atoms with van der Waals surface area (Å²) >= 11 is 0. The molecule has 1 aromatic heterocycles. The minimum Gasteiger partial charge on any atom is -0.399 e. The van der Waals surface area contributed by atoms with Crippen LogP contribution in [-0.2, 0) is 7.05 Å². The van der Waals surface area contributed by atoms with Crippen LogP contribution in [0, 0.1) is 0 Å². The molecule has 2 aromatic carbocycles. The second-order valence-electron chi connectivity index (χ2n) is 4.56. The SMILES string of the molecule is Cn1c(NC(=O)c2ccccc2)nc2cc(N)ccc21. The first-order valence-corrected chi connectivity index (χ1v) is 6.23. The highest BCUT2D eigenvalue weighted by molar-refractivity contribution is 6.04. The Morgan fingerprint density at radius 1 is 1.20 bits per heavy atom. The van der Waals surface area contributed by atoms with Crippen molar-refractivity contribution in [3.8, 4) is 0 Å². The number of carbonyl (C=O) groups excluding carboxylic acids is 1. The van der Waals surface area contributed by atoms with Crippen molar-refractivity contribution >= 4 is 28.6 Å². The average Bonchev–Trinajstić information content (AvgIpc) is 2.75. The monoisotopic (exact) mass is 266 g/mol. The van der Waals surface area contributed by atoms with Gasteiger partial charge in [-0.25, -0.2) is 4.98 Å². The molecule has 0 atom stereocenters. The van der Waals surface area contributed by atoms with Gasteiger partial charge in [0.1, 0.15) is 0 Å². The molecule has 1 heterocycles. The molecule has 0 unspecified atom stereocenters. The number of hydrogen-bond acceptors (Lipinski definition) is 3.